The van der Waals surface area contributed by atoms with Crippen LogP contribution in [0.4, 0.5) is 0 Å². The summed E-state index contributed by atoms with van der Waals surface area (Å²) >= 11 is 21.0. The van der Waals surface area contributed by atoms with Crippen molar-refractivity contribution in [2.24, 2.45) is 0 Å². The highest BCUT2D eigenvalue weighted by Crippen LogP contribution is 2.48. The average Bonchev–Trinajstić information content (AvgIpc) is 2.78. The Hall–Kier alpha value is 0.520. The van der Waals surface area contributed by atoms with Crippen LogP contribution in [-0.4, -0.2) is 38.3 Å². The number of rotatable bonds is 3. The van der Waals surface area contributed by atoms with Crippen LogP contribution in [0, 0.1) is 0 Å². The second kappa shape index (κ2) is 5.49. The fourth-order valence-electron chi connectivity index (χ4n) is 2.62. The van der Waals surface area contributed by atoms with E-state index in [0.29, 0.717) is 13.0 Å². The molecular weight excluding hydrogens is 364 g/mol. The van der Waals surface area contributed by atoms with Gasteiger partial charge in [-0.05, 0) is 19.3 Å². The van der Waals surface area contributed by atoms with Gasteiger partial charge in [0.15, 0.2) is 0 Å². The van der Waals surface area contributed by atoms with E-state index in [2.05, 4.69) is 15.9 Å². The molecule has 0 aliphatic carbocycles. The third-order valence-corrected chi connectivity index (χ3v) is 4.35. The molecule has 2 heterocycles. The van der Waals surface area contributed by atoms with Crippen molar-refractivity contribution in [1.29, 1.82) is 0 Å². The molecule has 3 nitrogen and oxygen atoms in total. The molecule has 2 fully saturated rings. The molecule has 0 amide bonds. The number of hydrogen-bond acceptors (Lipinski definition) is 3. The van der Waals surface area contributed by atoms with E-state index in [1.54, 1.807) is 0 Å². The zero-order valence-corrected chi connectivity index (χ0v) is 13.4. The molecule has 0 radical (unpaired) electrons. The number of allylic oxidation sites excluding steroid dienone is 1. The predicted octanol–water partition coefficient (Wildman–Crippen LogP) is 3.42. The van der Waals surface area contributed by atoms with Crippen LogP contribution in [0.15, 0.2) is 12.2 Å². The van der Waals surface area contributed by atoms with E-state index >= 15 is 0 Å². The van der Waals surface area contributed by atoms with Gasteiger partial charge < -0.3 is 4.74 Å². The molecule has 0 aromatic rings. The molecule has 0 N–H and O–H groups in total. The van der Waals surface area contributed by atoms with E-state index in [9.17, 15) is 4.79 Å². The molecule has 0 saturated carbocycles. The number of cyclic esters (lactones) is 1. The van der Waals surface area contributed by atoms with Crippen molar-refractivity contribution in [2.45, 2.75) is 34.8 Å². The summed E-state index contributed by atoms with van der Waals surface area (Å²) in [5.74, 6) is -0.282. The Morgan fingerprint density at radius 3 is 2.83 bits per heavy atom. The summed E-state index contributed by atoms with van der Waals surface area (Å²) in [7, 11) is 0. The van der Waals surface area contributed by atoms with Crippen LogP contribution in [0.2, 0.25) is 0 Å². The van der Waals surface area contributed by atoms with Gasteiger partial charge in [-0.1, -0.05) is 62.9 Å². The predicted molar refractivity (Wildman–Crippen MR) is 76.4 cm³/mol. The first kappa shape index (κ1) is 14.9. The minimum Gasteiger partial charge on any atom is -0.440 e. The molecule has 7 heteroatoms. The topological polar surface area (TPSA) is 29.5 Å². The van der Waals surface area contributed by atoms with Gasteiger partial charge in [-0.25, -0.2) is 9.69 Å². The molecule has 2 atom stereocenters. The van der Waals surface area contributed by atoms with Gasteiger partial charge in [0.05, 0.1) is 0 Å². The number of alkyl halides is 4. The lowest BCUT2D eigenvalue weighted by Gasteiger charge is -2.31. The number of hydrogen-bond donors (Lipinski definition) is 0. The number of carbonyl (C=O) groups excluding carboxylic acids is 1. The number of nitrogens with zero attached hydrogens (tertiary/aromatic N) is 1. The Balaban J connectivity index is 2.23. The maximum Gasteiger partial charge on any atom is 0.328 e. The first-order valence-electron chi connectivity index (χ1n) is 5.67. The molecule has 0 spiro atoms. The lowest BCUT2D eigenvalue weighted by atomic mass is 9.92. The normalized spacial score (nSPS) is 33.1. The minimum atomic E-state index is -1.61. The Morgan fingerprint density at radius 1 is 1.50 bits per heavy atom. The van der Waals surface area contributed by atoms with Crippen LogP contribution in [0.5, 0.6) is 0 Å². The van der Waals surface area contributed by atoms with Crippen molar-refractivity contribution >= 4 is 56.7 Å². The minimum absolute atomic E-state index is 0.282. The molecule has 0 bridgehead atoms. The molecule has 18 heavy (non-hydrogen) atoms. The lowest BCUT2D eigenvalue weighted by molar-refractivity contribution is -0.145. The van der Waals surface area contributed by atoms with Crippen LogP contribution < -0.4 is 0 Å². The van der Waals surface area contributed by atoms with Gasteiger partial charge in [0, 0.05) is 11.9 Å². The van der Waals surface area contributed by atoms with Gasteiger partial charge in [0.25, 0.3) is 0 Å². The van der Waals surface area contributed by atoms with Crippen molar-refractivity contribution in [3.05, 3.63) is 12.2 Å². The van der Waals surface area contributed by atoms with E-state index in [-0.39, 0.29) is 5.97 Å². The molecular formula is C11H13BrCl3NO2. The van der Waals surface area contributed by atoms with Gasteiger partial charge in [-0.15, -0.1) is 0 Å². The van der Waals surface area contributed by atoms with Crippen LogP contribution in [0.1, 0.15) is 19.3 Å². The molecule has 2 aliphatic rings. The van der Waals surface area contributed by atoms with Crippen molar-refractivity contribution in [3.8, 4) is 0 Å². The third-order valence-electron chi connectivity index (χ3n) is 3.41. The zero-order chi connectivity index (χ0) is 13.4. The molecule has 0 aromatic heterocycles. The molecule has 2 rings (SSSR count). The van der Waals surface area contributed by atoms with E-state index in [1.165, 1.54) is 0 Å². The van der Waals surface area contributed by atoms with Crippen LogP contribution in [0.25, 0.3) is 0 Å². The molecule has 0 unspecified atom stereocenters. The SMILES string of the molecule is O=C1O[C@@H](C(Cl)(Cl)Cl)N2CCC[C@]12C/C=C\CBr. The van der Waals surface area contributed by atoms with Crippen molar-refractivity contribution in [1.82, 2.24) is 4.90 Å². The average molecular weight is 377 g/mol. The van der Waals surface area contributed by atoms with Crippen LogP contribution in [-0.2, 0) is 9.53 Å². The Kier molecular flexibility index (Phi) is 4.55. The summed E-state index contributed by atoms with van der Waals surface area (Å²) in [5.41, 5.74) is -0.646. The first-order chi connectivity index (χ1) is 8.42. The monoisotopic (exact) mass is 375 g/mol. The van der Waals surface area contributed by atoms with Gasteiger partial charge >= 0.3 is 5.97 Å². The zero-order valence-electron chi connectivity index (χ0n) is 9.54. The highest BCUT2D eigenvalue weighted by Gasteiger charge is 2.61. The Morgan fingerprint density at radius 2 is 2.22 bits per heavy atom. The van der Waals surface area contributed by atoms with E-state index in [4.69, 9.17) is 39.5 Å². The number of halogens is 4. The summed E-state index contributed by atoms with van der Waals surface area (Å²) < 4.78 is 3.66. The summed E-state index contributed by atoms with van der Waals surface area (Å²) in [6.07, 6.45) is 5.39. The highest BCUT2D eigenvalue weighted by atomic mass is 79.9. The van der Waals surface area contributed by atoms with Crippen LogP contribution >= 0.6 is 50.7 Å². The van der Waals surface area contributed by atoms with Gasteiger partial charge in [0.2, 0.25) is 10.0 Å². The highest BCUT2D eigenvalue weighted by molar-refractivity contribution is 9.09. The van der Waals surface area contributed by atoms with Crippen molar-refractivity contribution < 1.29 is 9.53 Å². The molecule has 2 saturated heterocycles. The maximum atomic E-state index is 12.1. The lowest BCUT2D eigenvalue weighted by Crippen LogP contribution is -2.48. The van der Waals surface area contributed by atoms with Gasteiger partial charge in [-0.2, -0.15) is 0 Å². The maximum absolute atomic E-state index is 12.1. The largest absolute Gasteiger partial charge is 0.440 e. The fourth-order valence-corrected chi connectivity index (χ4v) is 3.37. The van der Waals surface area contributed by atoms with E-state index in [0.717, 1.165) is 18.2 Å². The Bertz CT molecular complexity index is 372. The summed E-state index contributed by atoms with van der Waals surface area (Å²) in [6.45, 7) is 0.715. The summed E-state index contributed by atoms with van der Waals surface area (Å²) in [6, 6.07) is 0. The number of carbonyl (C=O) groups is 1. The fraction of sp³-hybridized carbons (Fsp3) is 0.727. The number of esters is 1. The first-order valence-corrected chi connectivity index (χ1v) is 7.93. The Labute approximate surface area is 129 Å². The van der Waals surface area contributed by atoms with Crippen molar-refractivity contribution in [3.63, 3.8) is 0 Å². The number of fused-ring (bicyclic) bond motifs is 1. The third kappa shape index (κ3) is 2.55. The van der Waals surface area contributed by atoms with Gasteiger partial charge in [0.1, 0.15) is 5.54 Å². The molecule has 0 aromatic carbocycles. The smallest absolute Gasteiger partial charge is 0.328 e. The number of ether oxygens (including phenoxy) is 1. The van der Waals surface area contributed by atoms with E-state index < -0.39 is 15.6 Å². The second-order valence-corrected chi connectivity index (χ2v) is 7.47. The summed E-state index contributed by atoms with van der Waals surface area (Å²) in [4.78, 5) is 14.0. The van der Waals surface area contributed by atoms with Crippen molar-refractivity contribution in [2.75, 3.05) is 11.9 Å². The van der Waals surface area contributed by atoms with E-state index in [1.807, 2.05) is 17.1 Å². The van der Waals surface area contributed by atoms with Crippen LogP contribution in [0.3, 0.4) is 0 Å². The molecule has 2 aliphatic heterocycles. The second-order valence-electron chi connectivity index (χ2n) is 4.46. The summed E-state index contributed by atoms with van der Waals surface area (Å²) in [5, 5.41) is 0.756. The standard InChI is InChI=1S/C11H13BrCl3NO2/c12-6-2-1-4-10-5-3-7-16(10)8(11(13,14)15)18-9(10)17/h1-2,8H,3-7H2/b2-1-/t8-,10+/m0/s1. The quantitative estimate of drug-likeness (QED) is 0.429. The van der Waals surface area contributed by atoms with Gasteiger partial charge in [-0.3, -0.25) is 0 Å². The molecule has 102 valence electrons.